The highest BCUT2D eigenvalue weighted by molar-refractivity contribution is 7.81. The Balaban J connectivity index is 1.40. The third-order valence-electron chi connectivity index (χ3n) is 6.77. The second-order valence-electron chi connectivity index (χ2n) is 9.39. The molecule has 0 unspecified atom stereocenters. The minimum Gasteiger partial charge on any atom is -0.311 e. The molecule has 1 aliphatic rings. The molecule has 1 heterocycles. The lowest BCUT2D eigenvalue weighted by molar-refractivity contribution is -0.120. The van der Waals surface area contributed by atoms with Crippen molar-refractivity contribution in [3.05, 3.63) is 157 Å². The van der Waals surface area contributed by atoms with Gasteiger partial charge in [-0.3, -0.25) is 19.4 Å². The van der Waals surface area contributed by atoms with Crippen LogP contribution in [0.3, 0.4) is 0 Å². The van der Waals surface area contributed by atoms with E-state index in [-0.39, 0.29) is 10.7 Å². The first-order chi connectivity index (χ1) is 20.1. The van der Waals surface area contributed by atoms with Gasteiger partial charge in [0.25, 0.3) is 11.8 Å². The fourth-order valence-electron chi connectivity index (χ4n) is 4.83. The van der Waals surface area contributed by atoms with E-state index in [9.17, 15) is 9.59 Å². The number of anilines is 5. The van der Waals surface area contributed by atoms with Gasteiger partial charge >= 0.3 is 0 Å². The van der Waals surface area contributed by atoms with Crippen molar-refractivity contribution in [3.63, 3.8) is 0 Å². The van der Waals surface area contributed by atoms with E-state index >= 15 is 0 Å². The fourth-order valence-corrected chi connectivity index (χ4v) is 5.20. The van der Waals surface area contributed by atoms with Crippen molar-refractivity contribution in [1.82, 2.24) is 0 Å². The van der Waals surface area contributed by atoms with Crippen LogP contribution in [-0.2, 0) is 9.59 Å². The Hall–Kier alpha value is -5.33. The highest BCUT2D eigenvalue weighted by Crippen LogP contribution is 2.35. The molecule has 1 aliphatic heterocycles. The molecule has 0 aromatic heterocycles. The number of benzene rings is 5. The van der Waals surface area contributed by atoms with Crippen molar-refractivity contribution in [2.24, 2.45) is 0 Å². The molecule has 0 bridgehead atoms. The van der Waals surface area contributed by atoms with E-state index in [4.69, 9.17) is 12.2 Å². The summed E-state index contributed by atoms with van der Waals surface area (Å²) in [5.74, 6) is -0.921. The molecule has 1 fully saturated rings. The number of para-hydroxylation sites is 4. The molecule has 0 aliphatic carbocycles. The molecule has 0 saturated carbocycles. The second kappa shape index (κ2) is 11.4. The summed E-state index contributed by atoms with van der Waals surface area (Å²) in [5.41, 5.74) is 4.93. The Bertz CT molecular complexity index is 1620. The monoisotopic (exact) mass is 551 g/mol. The first-order valence-corrected chi connectivity index (χ1v) is 13.6. The number of amides is 2. The molecule has 1 saturated heterocycles. The van der Waals surface area contributed by atoms with Crippen LogP contribution in [0.5, 0.6) is 0 Å². The van der Waals surface area contributed by atoms with Crippen molar-refractivity contribution >= 4 is 63.7 Å². The minimum absolute atomic E-state index is 0.0297. The van der Waals surface area contributed by atoms with Crippen molar-refractivity contribution in [3.8, 4) is 0 Å². The van der Waals surface area contributed by atoms with Gasteiger partial charge in [-0.2, -0.15) is 0 Å². The SMILES string of the molecule is O=C1C(=Cc2ccc(N(c3ccccc3)c3ccccc3)cc2)C(=O)N(c2ccccc2)C(=S)N1c1ccccc1. The summed E-state index contributed by atoms with van der Waals surface area (Å²) >= 11 is 5.70. The van der Waals surface area contributed by atoms with Crippen LogP contribution in [0.1, 0.15) is 5.56 Å². The largest absolute Gasteiger partial charge is 0.311 e. The standard InChI is InChI=1S/C35H25N3O2S/c39-33-32(34(40)38(30-19-11-4-12-20-30)35(41)37(33)29-17-9-3-10-18-29)25-26-21-23-31(24-22-26)36(27-13-5-1-6-14-27)28-15-7-2-8-16-28/h1-25H. The molecule has 0 atom stereocenters. The predicted octanol–water partition coefficient (Wildman–Crippen LogP) is 7.90. The highest BCUT2D eigenvalue weighted by Gasteiger charge is 2.41. The van der Waals surface area contributed by atoms with E-state index < -0.39 is 11.8 Å². The molecule has 5 aromatic rings. The molecule has 0 spiro atoms. The summed E-state index contributed by atoms with van der Waals surface area (Å²) in [7, 11) is 0. The van der Waals surface area contributed by atoms with E-state index in [0.717, 1.165) is 22.6 Å². The molecule has 0 radical (unpaired) electrons. The third-order valence-corrected chi connectivity index (χ3v) is 7.13. The first kappa shape index (κ1) is 25.9. The van der Waals surface area contributed by atoms with Gasteiger partial charge in [0.1, 0.15) is 5.57 Å². The van der Waals surface area contributed by atoms with Crippen LogP contribution >= 0.6 is 12.2 Å². The summed E-state index contributed by atoms with van der Waals surface area (Å²) in [6.07, 6.45) is 1.64. The van der Waals surface area contributed by atoms with E-state index in [0.29, 0.717) is 11.4 Å². The maximum absolute atomic E-state index is 13.8. The average molecular weight is 552 g/mol. The average Bonchev–Trinajstić information content (AvgIpc) is 3.02. The quantitative estimate of drug-likeness (QED) is 0.122. The van der Waals surface area contributed by atoms with Gasteiger partial charge in [0.05, 0.1) is 11.4 Å². The van der Waals surface area contributed by atoms with Gasteiger partial charge in [-0.1, -0.05) is 84.9 Å². The van der Waals surface area contributed by atoms with Gasteiger partial charge in [-0.05, 0) is 84.5 Å². The van der Waals surface area contributed by atoms with Crippen molar-refractivity contribution in [2.75, 3.05) is 14.7 Å². The molecule has 5 aromatic carbocycles. The van der Waals surface area contributed by atoms with Crippen LogP contribution in [0.25, 0.3) is 6.08 Å². The zero-order valence-electron chi connectivity index (χ0n) is 22.0. The van der Waals surface area contributed by atoms with Crippen molar-refractivity contribution in [2.45, 2.75) is 0 Å². The molecule has 0 N–H and O–H groups in total. The Labute approximate surface area is 244 Å². The summed E-state index contributed by atoms with van der Waals surface area (Å²) in [4.78, 5) is 32.6. The number of rotatable bonds is 6. The van der Waals surface area contributed by atoms with Crippen LogP contribution in [0, 0.1) is 0 Å². The molecule has 2 amide bonds. The summed E-state index contributed by atoms with van der Waals surface area (Å²) in [6.45, 7) is 0. The maximum atomic E-state index is 13.8. The van der Waals surface area contributed by atoms with Crippen molar-refractivity contribution < 1.29 is 9.59 Å². The molecule has 5 nitrogen and oxygen atoms in total. The predicted molar refractivity (Wildman–Crippen MR) is 170 cm³/mol. The van der Waals surface area contributed by atoms with Gasteiger partial charge in [-0.25, -0.2) is 0 Å². The molecular weight excluding hydrogens is 526 g/mol. The molecule has 6 heteroatoms. The number of hydrogen-bond acceptors (Lipinski definition) is 4. The number of hydrogen-bond donors (Lipinski definition) is 0. The van der Waals surface area contributed by atoms with Crippen LogP contribution in [0.2, 0.25) is 0 Å². The lowest BCUT2D eigenvalue weighted by Gasteiger charge is -2.36. The lowest BCUT2D eigenvalue weighted by Crippen LogP contribution is -2.56. The third kappa shape index (κ3) is 5.16. The van der Waals surface area contributed by atoms with E-state index in [1.807, 2.05) is 97.1 Å². The van der Waals surface area contributed by atoms with Crippen LogP contribution in [0.15, 0.2) is 151 Å². The molecule has 6 rings (SSSR count). The normalized spacial score (nSPS) is 13.4. The Morgan fingerprint density at radius 1 is 0.488 bits per heavy atom. The number of carbonyl (C=O) groups is 2. The summed E-state index contributed by atoms with van der Waals surface area (Å²) < 4.78 is 0. The van der Waals surface area contributed by atoms with Crippen LogP contribution < -0.4 is 14.7 Å². The zero-order chi connectivity index (χ0) is 28.2. The molecule has 41 heavy (non-hydrogen) atoms. The fraction of sp³-hybridized carbons (Fsp3) is 0. The van der Waals surface area contributed by atoms with Gasteiger partial charge < -0.3 is 4.90 Å². The molecule has 198 valence electrons. The van der Waals surface area contributed by atoms with Gasteiger partial charge in [0.2, 0.25) is 0 Å². The number of nitrogens with zero attached hydrogens (tertiary/aromatic N) is 3. The Morgan fingerprint density at radius 3 is 1.27 bits per heavy atom. The maximum Gasteiger partial charge on any atom is 0.270 e. The zero-order valence-corrected chi connectivity index (χ0v) is 22.8. The molecular formula is C35H25N3O2S. The van der Waals surface area contributed by atoms with Crippen molar-refractivity contribution in [1.29, 1.82) is 0 Å². The van der Waals surface area contributed by atoms with E-state index in [2.05, 4.69) is 29.2 Å². The van der Waals surface area contributed by atoms with E-state index in [1.165, 1.54) is 9.80 Å². The van der Waals surface area contributed by atoms with Gasteiger partial charge in [0, 0.05) is 17.1 Å². The van der Waals surface area contributed by atoms with Gasteiger partial charge in [0.15, 0.2) is 5.11 Å². The number of thiocarbonyl (C=S) groups is 1. The van der Waals surface area contributed by atoms with Crippen LogP contribution in [0.4, 0.5) is 28.4 Å². The second-order valence-corrected chi connectivity index (χ2v) is 9.76. The summed E-state index contributed by atoms with van der Waals surface area (Å²) in [6, 6.07) is 46.3. The topological polar surface area (TPSA) is 43.9 Å². The Kier molecular flexibility index (Phi) is 7.22. The smallest absolute Gasteiger partial charge is 0.270 e. The van der Waals surface area contributed by atoms with Gasteiger partial charge in [-0.15, -0.1) is 0 Å². The number of carbonyl (C=O) groups excluding carboxylic acids is 2. The van der Waals surface area contributed by atoms with Crippen LogP contribution in [-0.4, -0.2) is 16.9 Å². The highest BCUT2D eigenvalue weighted by atomic mass is 32.1. The van der Waals surface area contributed by atoms with E-state index in [1.54, 1.807) is 30.3 Å². The first-order valence-electron chi connectivity index (χ1n) is 13.2. The summed E-state index contributed by atoms with van der Waals surface area (Å²) in [5, 5.41) is 0.117. The Morgan fingerprint density at radius 2 is 0.854 bits per heavy atom. The lowest BCUT2D eigenvalue weighted by atomic mass is 10.0. The minimum atomic E-state index is -0.461.